The summed E-state index contributed by atoms with van der Waals surface area (Å²) >= 11 is 0. The minimum Gasteiger partial charge on any atom is -0.497 e. The van der Waals surface area contributed by atoms with Gasteiger partial charge in [0.1, 0.15) is 12.3 Å². The Balaban J connectivity index is 0.00000300. The summed E-state index contributed by atoms with van der Waals surface area (Å²) in [4.78, 5) is 20.7. The predicted molar refractivity (Wildman–Crippen MR) is 128 cm³/mol. The van der Waals surface area contributed by atoms with Crippen molar-refractivity contribution in [3.8, 4) is 5.75 Å². The number of carbonyl (C=O) groups excluding carboxylic acids is 1. The molecule has 0 unspecified atom stereocenters. The number of hydrogen-bond donors (Lipinski definition) is 1. The van der Waals surface area contributed by atoms with Crippen molar-refractivity contribution in [1.82, 2.24) is 15.1 Å². The molecule has 7 heteroatoms. The maximum atomic E-state index is 12.0. The van der Waals surface area contributed by atoms with Gasteiger partial charge in [-0.1, -0.05) is 25.0 Å². The number of aliphatic imine (C=N–C) groups is 1. The van der Waals surface area contributed by atoms with Crippen LogP contribution in [0.4, 0.5) is 0 Å². The number of nitrogens with one attached hydrogen (secondary N) is 1. The molecule has 6 nitrogen and oxygen atoms in total. The summed E-state index contributed by atoms with van der Waals surface area (Å²) in [5.74, 6) is 1.79. The summed E-state index contributed by atoms with van der Waals surface area (Å²) in [7, 11) is 5.23. The highest BCUT2D eigenvalue weighted by atomic mass is 127. The lowest BCUT2D eigenvalue weighted by atomic mass is 9.86. The highest BCUT2D eigenvalue weighted by Gasteiger charge is 2.41. The van der Waals surface area contributed by atoms with Crippen molar-refractivity contribution < 1.29 is 9.53 Å². The van der Waals surface area contributed by atoms with E-state index in [1.54, 1.807) is 26.1 Å². The van der Waals surface area contributed by atoms with Gasteiger partial charge in [-0.2, -0.15) is 0 Å². The summed E-state index contributed by atoms with van der Waals surface area (Å²) in [5.41, 5.74) is 1.73. The van der Waals surface area contributed by atoms with Crippen molar-refractivity contribution in [3.63, 3.8) is 0 Å². The first kappa shape index (κ1) is 23.8. The average molecular weight is 514 g/mol. The van der Waals surface area contributed by atoms with Crippen LogP contribution < -0.4 is 10.1 Å². The molecule has 1 aromatic carbocycles. The first-order chi connectivity index (χ1) is 13.5. The van der Waals surface area contributed by atoms with Crippen LogP contribution >= 0.6 is 24.0 Å². The van der Waals surface area contributed by atoms with E-state index in [1.165, 1.54) is 37.7 Å². The number of guanidine groups is 1. The van der Waals surface area contributed by atoms with E-state index in [4.69, 9.17) is 4.74 Å². The largest absolute Gasteiger partial charge is 0.497 e. The molecule has 162 valence electrons. The van der Waals surface area contributed by atoms with E-state index in [1.807, 2.05) is 12.1 Å². The molecule has 1 saturated carbocycles. The molecule has 2 aliphatic rings. The second-order valence-electron chi connectivity index (χ2n) is 8.33. The zero-order chi connectivity index (χ0) is 20.0. The summed E-state index contributed by atoms with van der Waals surface area (Å²) < 4.78 is 5.22. The molecule has 1 aliphatic heterocycles. The van der Waals surface area contributed by atoms with Crippen molar-refractivity contribution in [1.29, 1.82) is 0 Å². The van der Waals surface area contributed by atoms with Crippen molar-refractivity contribution in [2.45, 2.75) is 38.5 Å². The average Bonchev–Trinajstić information content (AvgIpc) is 3.34. The smallest absolute Gasteiger partial charge is 0.243 e. The molecule has 1 spiro atoms. The fourth-order valence-corrected chi connectivity index (χ4v) is 4.31. The Labute approximate surface area is 192 Å². The number of ether oxygens (including phenoxy) is 1. The second kappa shape index (κ2) is 11.0. The Morgan fingerprint density at radius 1 is 1.21 bits per heavy atom. The van der Waals surface area contributed by atoms with Gasteiger partial charge in [-0.05, 0) is 48.8 Å². The van der Waals surface area contributed by atoms with E-state index in [9.17, 15) is 4.79 Å². The Kier molecular flexibility index (Phi) is 9.04. The third-order valence-corrected chi connectivity index (χ3v) is 6.12. The minimum atomic E-state index is 0. The molecular weight excluding hydrogens is 479 g/mol. The fourth-order valence-electron chi connectivity index (χ4n) is 4.31. The highest BCUT2D eigenvalue weighted by molar-refractivity contribution is 14.0. The maximum absolute atomic E-state index is 12.0. The molecule has 0 bridgehead atoms. The third-order valence-electron chi connectivity index (χ3n) is 6.12. The lowest BCUT2D eigenvalue weighted by Gasteiger charge is -2.26. The number of rotatable bonds is 6. The lowest BCUT2D eigenvalue weighted by Crippen LogP contribution is -2.42. The monoisotopic (exact) mass is 514 g/mol. The summed E-state index contributed by atoms with van der Waals surface area (Å²) in [5, 5.41) is 3.51. The molecule has 1 amide bonds. The third kappa shape index (κ3) is 6.49. The number of hydrogen-bond acceptors (Lipinski definition) is 3. The van der Waals surface area contributed by atoms with Gasteiger partial charge in [-0.3, -0.25) is 4.79 Å². The van der Waals surface area contributed by atoms with E-state index in [-0.39, 0.29) is 36.4 Å². The number of amides is 1. The first-order valence-corrected chi connectivity index (χ1v) is 10.4. The van der Waals surface area contributed by atoms with Crippen LogP contribution in [-0.2, 0) is 11.2 Å². The normalized spacial score (nSPS) is 17.9. The van der Waals surface area contributed by atoms with Crippen molar-refractivity contribution in [3.05, 3.63) is 29.8 Å². The van der Waals surface area contributed by atoms with Crippen LogP contribution in [0.15, 0.2) is 29.3 Å². The fraction of sp³-hybridized carbons (Fsp3) is 0.636. The molecule has 1 aliphatic carbocycles. The van der Waals surface area contributed by atoms with Crippen molar-refractivity contribution in [2.24, 2.45) is 10.4 Å². The van der Waals surface area contributed by atoms with Crippen LogP contribution in [0.5, 0.6) is 5.75 Å². The van der Waals surface area contributed by atoms with Gasteiger partial charge in [0.15, 0.2) is 5.96 Å². The Bertz CT molecular complexity index is 685. The van der Waals surface area contributed by atoms with Gasteiger partial charge in [0.25, 0.3) is 0 Å². The molecule has 0 atom stereocenters. The molecule has 1 saturated heterocycles. The minimum absolute atomic E-state index is 0. The molecule has 0 radical (unpaired) electrons. The van der Waals surface area contributed by atoms with Gasteiger partial charge in [-0.15, -0.1) is 24.0 Å². The number of carbonyl (C=O) groups is 1. The summed E-state index contributed by atoms with van der Waals surface area (Å²) in [6.45, 7) is 3.09. The van der Waals surface area contributed by atoms with Crippen molar-refractivity contribution in [2.75, 3.05) is 47.4 Å². The van der Waals surface area contributed by atoms with E-state index < -0.39 is 0 Å². The summed E-state index contributed by atoms with van der Waals surface area (Å²) in [6, 6.07) is 8.17. The SMILES string of the molecule is COc1ccc(CCNC(=NCC(=O)N(C)C)N2CCC3(CCCC3)C2)cc1.I. The van der Waals surface area contributed by atoms with Gasteiger partial charge in [0.05, 0.1) is 7.11 Å². The van der Waals surface area contributed by atoms with Crippen LogP contribution in [0, 0.1) is 5.41 Å². The van der Waals surface area contributed by atoms with E-state index >= 15 is 0 Å². The summed E-state index contributed by atoms with van der Waals surface area (Å²) in [6.07, 6.45) is 7.52. The van der Waals surface area contributed by atoms with Crippen LogP contribution in [0.3, 0.4) is 0 Å². The number of benzene rings is 1. The molecule has 3 rings (SSSR count). The topological polar surface area (TPSA) is 57.2 Å². The zero-order valence-electron chi connectivity index (χ0n) is 17.9. The van der Waals surface area contributed by atoms with Gasteiger partial charge < -0.3 is 19.9 Å². The number of likely N-dealkylation sites (N-methyl/N-ethyl adjacent to an activating group) is 1. The standard InChI is InChI=1S/C22H34N4O2.HI/c1-25(2)20(27)16-24-21(26-15-13-22(17-26)11-4-5-12-22)23-14-10-18-6-8-19(28-3)9-7-18;/h6-9H,4-5,10-17H2,1-3H3,(H,23,24);1H. The molecule has 1 heterocycles. The van der Waals surface area contributed by atoms with Gasteiger partial charge in [0, 0.05) is 33.7 Å². The van der Waals surface area contributed by atoms with E-state index in [0.717, 1.165) is 37.8 Å². The van der Waals surface area contributed by atoms with Crippen molar-refractivity contribution >= 4 is 35.8 Å². The lowest BCUT2D eigenvalue weighted by molar-refractivity contribution is -0.127. The molecule has 2 fully saturated rings. The van der Waals surface area contributed by atoms with Crippen LogP contribution in [-0.4, -0.2) is 69.1 Å². The first-order valence-electron chi connectivity index (χ1n) is 10.4. The van der Waals surface area contributed by atoms with Crippen LogP contribution in [0.25, 0.3) is 0 Å². The Morgan fingerprint density at radius 3 is 2.52 bits per heavy atom. The quantitative estimate of drug-likeness (QED) is 0.360. The van der Waals surface area contributed by atoms with Gasteiger partial charge >= 0.3 is 0 Å². The number of nitrogens with zero attached hydrogens (tertiary/aromatic N) is 3. The van der Waals surface area contributed by atoms with Crippen LogP contribution in [0.2, 0.25) is 0 Å². The van der Waals surface area contributed by atoms with E-state index in [0.29, 0.717) is 5.41 Å². The Hall–Kier alpha value is -1.51. The van der Waals surface area contributed by atoms with Crippen LogP contribution in [0.1, 0.15) is 37.7 Å². The zero-order valence-corrected chi connectivity index (χ0v) is 20.3. The molecule has 29 heavy (non-hydrogen) atoms. The second-order valence-corrected chi connectivity index (χ2v) is 8.33. The highest BCUT2D eigenvalue weighted by Crippen LogP contribution is 2.45. The molecule has 0 aromatic heterocycles. The predicted octanol–water partition coefficient (Wildman–Crippen LogP) is 3.16. The number of halogens is 1. The maximum Gasteiger partial charge on any atom is 0.243 e. The molecular formula is C22H35IN4O2. The number of methoxy groups -OCH3 is 1. The molecule has 1 N–H and O–H groups in total. The van der Waals surface area contributed by atoms with Gasteiger partial charge in [-0.25, -0.2) is 4.99 Å². The van der Waals surface area contributed by atoms with E-state index in [2.05, 4.69) is 27.3 Å². The Morgan fingerprint density at radius 2 is 1.90 bits per heavy atom. The van der Waals surface area contributed by atoms with Gasteiger partial charge in [0.2, 0.25) is 5.91 Å². The number of likely N-dealkylation sites (tertiary alicyclic amines) is 1. The molecule has 1 aromatic rings.